The van der Waals surface area contributed by atoms with Crippen molar-refractivity contribution >= 4 is 5.91 Å². The summed E-state index contributed by atoms with van der Waals surface area (Å²) < 4.78 is 5.94. The summed E-state index contributed by atoms with van der Waals surface area (Å²) in [6, 6.07) is 16.1. The monoisotopic (exact) mass is 352 g/mol. The summed E-state index contributed by atoms with van der Waals surface area (Å²) in [5, 5.41) is 3.20. The summed E-state index contributed by atoms with van der Waals surface area (Å²) in [7, 11) is 1.97. The van der Waals surface area contributed by atoms with E-state index in [1.165, 1.54) is 11.1 Å². The van der Waals surface area contributed by atoms with Crippen LogP contribution in [0.2, 0.25) is 0 Å². The molecule has 1 aliphatic heterocycles. The van der Waals surface area contributed by atoms with E-state index < -0.39 is 0 Å². The lowest BCUT2D eigenvalue weighted by Crippen LogP contribution is -2.31. The zero-order valence-electron chi connectivity index (χ0n) is 15.7. The smallest absolute Gasteiger partial charge is 0.227 e. The van der Waals surface area contributed by atoms with Gasteiger partial charge in [0.2, 0.25) is 5.91 Å². The summed E-state index contributed by atoms with van der Waals surface area (Å²) in [4.78, 5) is 14.6. The summed E-state index contributed by atoms with van der Waals surface area (Å²) in [5.41, 5.74) is 3.42. The Bertz CT molecular complexity index is 744. The van der Waals surface area contributed by atoms with E-state index in [2.05, 4.69) is 24.4 Å². The van der Waals surface area contributed by atoms with Crippen LogP contribution in [-0.4, -0.2) is 37.5 Å². The molecule has 1 unspecified atom stereocenters. The Balaban J connectivity index is 1.56. The number of carbonyl (C=O) groups excluding carboxylic acids is 1. The number of nitrogens with zero attached hydrogens (tertiary/aromatic N) is 1. The molecule has 0 radical (unpaired) electrons. The van der Waals surface area contributed by atoms with Gasteiger partial charge in [0, 0.05) is 13.1 Å². The number of aryl methyl sites for hydroxylation is 1. The molecule has 1 amide bonds. The Morgan fingerprint density at radius 3 is 2.88 bits per heavy atom. The fourth-order valence-electron chi connectivity index (χ4n) is 3.48. The quantitative estimate of drug-likeness (QED) is 0.832. The molecule has 4 nitrogen and oxygen atoms in total. The molecule has 4 heteroatoms. The third-order valence-electron chi connectivity index (χ3n) is 5.04. The minimum absolute atomic E-state index is 0.208. The second-order valence-electron chi connectivity index (χ2n) is 7.09. The molecule has 26 heavy (non-hydrogen) atoms. The van der Waals surface area contributed by atoms with Crippen molar-refractivity contribution in [1.82, 2.24) is 10.2 Å². The van der Waals surface area contributed by atoms with Crippen LogP contribution in [0.25, 0.3) is 0 Å². The third-order valence-corrected chi connectivity index (χ3v) is 5.04. The maximum atomic E-state index is 12.6. The molecule has 1 heterocycles. The van der Waals surface area contributed by atoms with Gasteiger partial charge in [-0.2, -0.15) is 0 Å². The molecule has 1 aliphatic rings. The maximum absolute atomic E-state index is 12.6. The minimum atomic E-state index is 0.208. The number of rotatable bonds is 7. The molecular formula is C22H28N2O2. The first-order chi connectivity index (χ1) is 12.7. The van der Waals surface area contributed by atoms with Crippen LogP contribution >= 0.6 is 0 Å². The average molecular weight is 352 g/mol. The van der Waals surface area contributed by atoms with Crippen LogP contribution in [0, 0.1) is 12.8 Å². The van der Waals surface area contributed by atoms with E-state index in [0.29, 0.717) is 18.9 Å². The highest BCUT2D eigenvalue weighted by Crippen LogP contribution is 2.20. The Hall–Kier alpha value is -2.33. The zero-order valence-corrected chi connectivity index (χ0v) is 15.7. The molecule has 0 aliphatic carbocycles. The molecule has 3 rings (SSSR count). The average Bonchev–Trinajstić information content (AvgIpc) is 3.11. The van der Waals surface area contributed by atoms with Gasteiger partial charge in [-0.3, -0.25) is 4.79 Å². The highest BCUT2D eigenvalue weighted by molar-refractivity contribution is 5.79. The number of nitrogens with one attached hydrogen (secondary N) is 1. The van der Waals surface area contributed by atoms with E-state index in [4.69, 9.17) is 4.74 Å². The molecule has 0 aromatic heterocycles. The Labute approximate surface area is 156 Å². The third kappa shape index (κ3) is 4.85. The molecule has 1 saturated heterocycles. The highest BCUT2D eigenvalue weighted by Gasteiger charge is 2.25. The molecule has 1 N–H and O–H groups in total. The summed E-state index contributed by atoms with van der Waals surface area (Å²) in [6.45, 7) is 5.34. The highest BCUT2D eigenvalue weighted by atomic mass is 16.5. The number of ether oxygens (including phenoxy) is 1. The molecule has 0 saturated carbocycles. The first kappa shape index (κ1) is 18.5. The van der Waals surface area contributed by atoms with Crippen LogP contribution in [-0.2, 0) is 17.8 Å². The first-order valence-corrected chi connectivity index (χ1v) is 9.34. The summed E-state index contributed by atoms with van der Waals surface area (Å²) in [5.74, 6) is 1.60. The van der Waals surface area contributed by atoms with E-state index in [-0.39, 0.29) is 5.91 Å². The van der Waals surface area contributed by atoms with Gasteiger partial charge in [0.15, 0.2) is 0 Å². The van der Waals surface area contributed by atoms with E-state index >= 15 is 0 Å². The topological polar surface area (TPSA) is 41.6 Å². The van der Waals surface area contributed by atoms with Crippen LogP contribution < -0.4 is 10.1 Å². The standard InChI is InChI=1S/C22H28N2O2/c1-17-6-3-4-8-20(17)16-26-21-9-5-7-18(12-21)13-22(25)24-11-10-19(15-24)14-23-2/h3-9,12,19,23H,10-11,13-16H2,1-2H3. The van der Waals surface area contributed by atoms with Crippen molar-refractivity contribution in [2.75, 3.05) is 26.7 Å². The van der Waals surface area contributed by atoms with E-state index in [9.17, 15) is 4.79 Å². The number of carbonyl (C=O) groups is 1. The molecule has 1 fully saturated rings. The van der Waals surface area contributed by atoms with Gasteiger partial charge in [-0.05, 0) is 61.7 Å². The zero-order chi connectivity index (χ0) is 18.4. The molecule has 0 bridgehead atoms. The van der Waals surface area contributed by atoms with Crippen LogP contribution in [0.1, 0.15) is 23.1 Å². The van der Waals surface area contributed by atoms with Crippen LogP contribution in [0.3, 0.4) is 0 Å². The lowest BCUT2D eigenvalue weighted by atomic mass is 10.1. The predicted molar refractivity (Wildman–Crippen MR) is 104 cm³/mol. The second-order valence-corrected chi connectivity index (χ2v) is 7.09. The molecule has 1 atom stereocenters. The van der Waals surface area contributed by atoms with E-state index in [1.54, 1.807) is 0 Å². The molecule has 2 aromatic rings. The van der Waals surface area contributed by atoms with Crippen LogP contribution in [0.4, 0.5) is 0 Å². The predicted octanol–water partition coefficient (Wildman–Crippen LogP) is 3.18. The van der Waals surface area contributed by atoms with Crippen molar-refractivity contribution in [3.05, 3.63) is 65.2 Å². The van der Waals surface area contributed by atoms with Crippen molar-refractivity contribution in [1.29, 1.82) is 0 Å². The van der Waals surface area contributed by atoms with Crippen molar-refractivity contribution in [3.8, 4) is 5.75 Å². The van der Waals surface area contributed by atoms with Gasteiger partial charge < -0.3 is 15.0 Å². The molecule has 0 spiro atoms. The van der Waals surface area contributed by atoms with Crippen LogP contribution in [0.15, 0.2) is 48.5 Å². The largest absolute Gasteiger partial charge is 0.489 e. The van der Waals surface area contributed by atoms with E-state index in [0.717, 1.165) is 37.4 Å². The Kier molecular flexibility index (Phi) is 6.29. The minimum Gasteiger partial charge on any atom is -0.489 e. The molecular weight excluding hydrogens is 324 g/mol. The Morgan fingerprint density at radius 2 is 2.08 bits per heavy atom. The van der Waals surface area contributed by atoms with E-state index in [1.807, 2.05) is 48.3 Å². The van der Waals surface area contributed by atoms with Crippen LogP contribution in [0.5, 0.6) is 5.75 Å². The van der Waals surface area contributed by atoms with Crippen molar-refractivity contribution in [2.24, 2.45) is 5.92 Å². The number of benzene rings is 2. The van der Waals surface area contributed by atoms with Crippen molar-refractivity contribution in [3.63, 3.8) is 0 Å². The number of hydrogen-bond donors (Lipinski definition) is 1. The van der Waals surface area contributed by atoms with Crippen molar-refractivity contribution in [2.45, 2.75) is 26.4 Å². The first-order valence-electron chi connectivity index (χ1n) is 9.34. The van der Waals surface area contributed by atoms with Gasteiger partial charge in [0.1, 0.15) is 12.4 Å². The van der Waals surface area contributed by atoms with Gasteiger partial charge in [-0.1, -0.05) is 36.4 Å². The fourth-order valence-corrected chi connectivity index (χ4v) is 3.48. The fraction of sp³-hybridized carbons (Fsp3) is 0.409. The summed E-state index contributed by atoms with van der Waals surface area (Å²) in [6.07, 6.45) is 1.53. The summed E-state index contributed by atoms with van der Waals surface area (Å²) >= 11 is 0. The van der Waals surface area contributed by atoms with Gasteiger partial charge in [-0.15, -0.1) is 0 Å². The number of likely N-dealkylation sites (tertiary alicyclic amines) is 1. The van der Waals surface area contributed by atoms with Gasteiger partial charge in [-0.25, -0.2) is 0 Å². The van der Waals surface area contributed by atoms with Crippen molar-refractivity contribution < 1.29 is 9.53 Å². The Morgan fingerprint density at radius 1 is 1.23 bits per heavy atom. The molecule has 138 valence electrons. The molecule has 2 aromatic carbocycles. The normalized spacial score (nSPS) is 16.7. The lowest BCUT2D eigenvalue weighted by molar-refractivity contribution is -0.129. The lowest BCUT2D eigenvalue weighted by Gasteiger charge is -2.17. The van der Waals surface area contributed by atoms with Gasteiger partial charge >= 0.3 is 0 Å². The van der Waals surface area contributed by atoms with Gasteiger partial charge in [0.25, 0.3) is 0 Å². The number of amides is 1. The SMILES string of the molecule is CNCC1CCN(C(=O)Cc2cccc(OCc3ccccc3C)c2)C1. The number of hydrogen-bond acceptors (Lipinski definition) is 3. The maximum Gasteiger partial charge on any atom is 0.227 e. The second kappa shape index (κ2) is 8.86. The van der Waals surface area contributed by atoms with Gasteiger partial charge in [0.05, 0.1) is 6.42 Å².